The Balaban J connectivity index is 1.13. The lowest BCUT2D eigenvalue weighted by Gasteiger charge is -2.30. The van der Waals surface area contributed by atoms with Crippen LogP contribution in [0.1, 0.15) is 68.6 Å². The summed E-state index contributed by atoms with van der Waals surface area (Å²) in [7, 11) is 0. The highest BCUT2D eigenvalue weighted by Gasteiger charge is 2.36. The summed E-state index contributed by atoms with van der Waals surface area (Å²) in [5, 5.41) is 7.58. The van der Waals surface area contributed by atoms with Gasteiger partial charge in [-0.15, -0.1) is 0 Å². The van der Waals surface area contributed by atoms with Gasteiger partial charge in [-0.05, 0) is 128 Å². The van der Waals surface area contributed by atoms with Crippen LogP contribution < -0.4 is 4.90 Å². The van der Waals surface area contributed by atoms with Crippen molar-refractivity contribution in [1.29, 1.82) is 0 Å². The monoisotopic (exact) mass is 784 g/mol. The van der Waals surface area contributed by atoms with E-state index >= 15 is 0 Å². The smallest absolute Gasteiger partial charge is 0.0546 e. The number of benzene rings is 9. The van der Waals surface area contributed by atoms with Crippen LogP contribution in [0.15, 0.2) is 188 Å². The van der Waals surface area contributed by atoms with E-state index in [9.17, 15) is 0 Å². The SMILES string of the molecule is CC1(C)c2ccccc2-c2cc(N(c3ccc4ccccc4c3)c3ccc4cc(C5CCCCC5)ccc4c3-c3cccc(-n4c5ccccc5c5ccccc54)c3)ccc21. The number of hydrogen-bond donors (Lipinski definition) is 0. The Morgan fingerprint density at radius 3 is 1.97 bits per heavy atom. The van der Waals surface area contributed by atoms with E-state index in [0.717, 1.165) is 22.7 Å². The Morgan fingerprint density at radius 1 is 0.475 bits per heavy atom. The van der Waals surface area contributed by atoms with Crippen LogP contribution in [0.5, 0.6) is 0 Å². The van der Waals surface area contributed by atoms with E-state index in [0.29, 0.717) is 5.92 Å². The molecule has 10 aromatic rings. The maximum atomic E-state index is 2.53. The average molecular weight is 785 g/mol. The fraction of sp³-hybridized carbons (Fsp3) is 0.153. The van der Waals surface area contributed by atoms with Gasteiger partial charge in [0.1, 0.15) is 0 Å². The Kier molecular flexibility index (Phi) is 8.32. The van der Waals surface area contributed by atoms with Crippen molar-refractivity contribution in [3.63, 3.8) is 0 Å². The minimum absolute atomic E-state index is 0.0738. The number of fused-ring (bicyclic) bond motifs is 8. The Labute approximate surface area is 358 Å². The quantitative estimate of drug-likeness (QED) is 0.163. The molecule has 2 heteroatoms. The third-order valence-corrected chi connectivity index (χ3v) is 14.1. The van der Waals surface area contributed by atoms with Crippen molar-refractivity contribution in [3.05, 3.63) is 205 Å². The van der Waals surface area contributed by atoms with Gasteiger partial charge in [0.15, 0.2) is 0 Å². The van der Waals surface area contributed by atoms with Gasteiger partial charge >= 0.3 is 0 Å². The normalized spacial score (nSPS) is 14.8. The molecule has 0 spiro atoms. The average Bonchev–Trinajstić information content (AvgIpc) is 3.77. The lowest BCUT2D eigenvalue weighted by atomic mass is 9.82. The molecule has 0 N–H and O–H groups in total. The molecule has 12 rings (SSSR count). The zero-order valence-corrected chi connectivity index (χ0v) is 34.9. The highest BCUT2D eigenvalue weighted by atomic mass is 15.1. The molecule has 2 nitrogen and oxygen atoms in total. The van der Waals surface area contributed by atoms with Gasteiger partial charge in [0.2, 0.25) is 0 Å². The molecule has 0 radical (unpaired) electrons. The molecule has 0 amide bonds. The third-order valence-electron chi connectivity index (χ3n) is 14.1. The van der Waals surface area contributed by atoms with Gasteiger partial charge in [-0.3, -0.25) is 0 Å². The summed E-state index contributed by atoms with van der Waals surface area (Å²) in [6, 6.07) is 70.9. The van der Waals surface area contributed by atoms with Crippen LogP contribution in [-0.4, -0.2) is 4.57 Å². The highest BCUT2D eigenvalue weighted by Crippen LogP contribution is 2.52. The second-order valence-electron chi connectivity index (χ2n) is 18.0. The molecular formula is C59H48N2. The van der Waals surface area contributed by atoms with Crippen molar-refractivity contribution in [2.24, 2.45) is 0 Å². The summed E-state index contributed by atoms with van der Waals surface area (Å²) >= 11 is 0. The molecule has 2 aliphatic carbocycles. The molecule has 1 heterocycles. The number of hydrogen-bond acceptors (Lipinski definition) is 1. The third kappa shape index (κ3) is 5.76. The van der Waals surface area contributed by atoms with Crippen LogP contribution in [0.2, 0.25) is 0 Å². The van der Waals surface area contributed by atoms with Crippen molar-refractivity contribution < 1.29 is 0 Å². The summed E-state index contributed by atoms with van der Waals surface area (Å²) < 4.78 is 2.45. The molecule has 0 aliphatic heterocycles. The number of aromatic nitrogens is 1. The maximum Gasteiger partial charge on any atom is 0.0546 e. The molecule has 61 heavy (non-hydrogen) atoms. The zero-order valence-electron chi connectivity index (χ0n) is 34.9. The van der Waals surface area contributed by atoms with Crippen molar-refractivity contribution in [2.75, 3.05) is 4.90 Å². The summed E-state index contributed by atoms with van der Waals surface area (Å²) in [4.78, 5) is 2.53. The summed E-state index contributed by atoms with van der Waals surface area (Å²) in [6.45, 7) is 4.73. The molecule has 0 atom stereocenters. The number of nitrogens with zero attached hydrogens (tertiary/aromatic N) is 2. The molecule has 294 valence electrons. The zero-order chi connectivity index (χ0) is 40.7. The molecular weight excluding hydrogens is 737 g/mol. The van der Waals surface area contributed by atoms with Gasteiger partial charge < -0.3 is 9.47 Å². The second kappa shape index (κ2) is 14.1. The van der Waals surface area contributed by atoms with Crippen molar-refractivity contribution in [3.8, 4) is 27.9 Å². The van der Waals surface area contributed by atoms with E-state index in [1.165, 1.54) is 114 Å². The Morgan fingerprint density at radius 2 is 1.15 bits per heavy atom. The van der Waals surface area contributed by atoms with Crippen LogP contribution in [0.4, 0.5) is 17.1 Å². The van der Waals surface area contributed by atoms with E-state index < -0.39 is 0 Å². The fourth-order valence-corrected chi connectivity index (χ4v) is 11.1. The van der Waals surface area contributed by atoms with E-state index in [-0.39, 0.29) is 5.41 Å². The minimum Gasteiger partial charge on any atom is -0.310 e. The van der Waals surface area contributed by atoms with Crippen molar-refractivity contribution in [2.45, 2.75) is 57.3 Å². The van der Waals surface area contributed by atoms with Gasteiger partial charge in [-0.2, -0.15) is 0 Å². The molecule has 0 saturated heterocycles. The first kappa shape index (κ1) is 36.0. The molecule has 2 aliphatic rings. The van der Waals surface area contributed by atoms with Crippen LogP contribution in [0.3, 0.4) is 0 Å². The van der Waals surface area contributed by atoms with Crippen molar-refractivity contribution in [1.82, 2.24) is 4.57 Å². The minimum atomic E-state index is -0.0738. The van der Waals surface area contributed by atoms with Gasteiger partial charge in [-0.25, -0.2) is 0 Å². The van der Waals surface area contributed by atoms with Gasteiger partial charge in [0, 0.05) is 38.8 Å². The predicted octanol–water partition coefficient (Wildman–Crippen LogP) is 16.6. The summed E-state index contributed by atoms with van der Waals surface area (Å²) in [6.07, 6.45) is 6.57. The molecule has 1 aromatic heterocycles. The number of para-hydroxylation sites is 2. The van der Waals surface area contributed by atoms with E-state index in [4.69, 9.17) is 0 Å². The molecule has 1 saturated carbocycles. The number of rotatable bonds is 6. The summed E-state index contributed by atoms with van der Waals surface area (Å²) in [5.74, 6) is 0.632. The maximum absolute atomic E-state index is 2.53. The largest absolute Gasteiger partial charge is 0.310 e. The van der Waals surface area contributed by atoms with Crippen LogP contribution in [0, 0.1) is 0 Å². The highest BCUT2D eigenvalue weighted by molar-refractivity contribution is 6.10. The van der Waals surface area contributed by atoms with Gasteiger partial charge in [-0.1, -0.05) is 167 Å². The van der Waals surface area contributed by atoms with Crippen LogP contribution in [0.25, 0.3) is 71.3 Å². The Hall–Kier alpha value is -6.90. The van der Waals surface area contributed by atoms with E-state index in [1.807, 2.05) is 0 Å². The molecule has 0 unspecified atom stereocenters. The van der Waals surface area contributed by atoms with E-state index in [2.05, 4.69) is 211 Å². The standard InChI is InChI=1S/C59H48N2/c1-59(2)53-24-11-8-21-49(53)52-38-47(31-33-54(52)59)60(46-30-27-40-17-6-7-18-41(40)36-46)57-34-29-43-35-42(39-15-4-3-5-16-39)28-32-48(43)58(57)44-19-14-20-45(37-44)61-55-25-12-9-22-50(55)51-23-10-13-26-56(51)61/h6-14,17-39H,3-5,15-16H2,1-2H3. The first-order chi connectivity index (χ1) is 30.0. The first-order valence-electron chi connectivity index (χ1n) is 22.2. The fourth-order valence-electron chi connectivity index (χ4n) is 11.1. The lowest BCUT2D eigenvalue weighted by molar-refractivity contribution is 0.444. The van der Waals surface area contributed by atoms with Crippen LogP contribution >= 0.6 is 0 Å². The summed E-state index contributed by atoms with van der Waals surface area (Å²) in [5.41, 5.74) is 16.3. The molecule has 9 aromatic carbocycles. The Bertz CT molecular complexity index is 3290. The first-order valence-corrected chi connectivity index (χ1v) is 22.2. The lowest BCUT2D eigenvalue weighted by Crippen LogP contribution is -2.15. The van der Waals surface area contributed by atoms with E-state index in [1.54, 1.807) is 0 Å². The molecule has 0 bridgehead atoms. The number of anilines is 3. The topological polar surface area (TPSA) is 8.17 Å². The van der Waals surface area contributed by atoms with Gasteiger partial charge in [0.25, 0.3) is 0 Å². The van der Waals surface area contributed by atoms with Crippen molar-refractivity contribution >= 4 is 60.4 Å². The van der Waals surface area contributed by atoms with Gasteiger partial charge in [0.05, 0.1) is 16.7 Å². The predicted molar refractivity (Wildman–Crippen MR) is 259 cm³/mol. The molecule has 1 fully saturated rings. The second-order valence-corrected chi connectivity index (χ2v) is 18.0. The van der Waals surface area contributed by atoms with Crippen LogP contribution in [-0.2, 0) is 5.41 Å².